The second-order valence-electron chi connectivity index (χ2n) is 4.62. The van der Waals surface area contributed by atoms with Crippen molar-refractivity contribution >= 4 is 10.8 Å². The molecule has 2 heterocycles. The lowest BCUT2D eigenvalue weighted by Gasteiger charge is -2.35. The molecule has 4 nitrogen and oxygen atoms in total. The van der Waals surface area contributed by atoms with Crippen molar-refractivity contribution in [2.24, 2.45) is 0 Å². The Labute approximate surface area is 104 Å². The maximum absolute atomic E-state index is 5.88. The monoisotopic (exact) mass is 244 g/mol. The van der Waals surface area contributed by atoms with E-state index < -0.39 is 12.1 Å². The topological polar surface area (TPSA) is 36.9 Å². The van der Waals surface area contributed by atoms with Gasteiger partial charge in [-0.2, -0.15) is 4.89 Å². The first-order chi connectivity index (χ1) is 8.78. The fraction of sp³-hybridized carbons (Fsp3) is 0.286. The second kappa shape index (κ2) is 3.52. The molecule has 18 heavy (non-hydrogen) atoms. The van der Waals surface area contributed by atoms with Crippen LogP contribution in [0.25, 0.3) is 10.8 Å². The lowest BCUT2D eigenvalue weighted by Crippen LogP contribution is -2.33. The normalized spacial score (nSPS) is 30.2. The molecule has 4 heteroatoms. The highest BCUT2D eigenvalue weighted by Gasteiger charge is 2.42. The van der Waals surface area contributed by atoms with E-state index in [0.29, 0.717) is 0 Å². The Morgan fingerprint density at radius 1 is 1.17 bits per heavy atom. The largest absolute Gasteiger partial charge is 0.316 e. The smallest absolute Gasteiger partial charge is 0.221 e. The minimum absolute atomic E-state index is 0.0530. The average Bonchev–Trinajstić information content (AvgIpc) is 2.57. The summed E-state index contributed by atoms with van der Waals surface area (Å²) in [4.78, 5) is 10.2. The van der Waals surface area contributed by atoms with Crippen molar-refractivity contribution in [1.82, 2.24) is 0 Å². The van der Waals surface area contributed by atoms with Crippen LogP contribution in [0.3, 0.4) is 0 Å². The third-order valence-electron chi connectivity index (χ3n) is 3.55. The molecule has 2 aromatic rings. The maximum Gasteiger partial charge on any atom is 0.221 e. The maximum atomic E-state index is 5.88. The van der Waals surface area contributed by atoms with Crippen molar-refractivity contribution in [2.45, 2.75) is 19.0 Å². The predicted octanol–water partition coefficient (Wildman–Crippen LogP) is 2.98. The molecule has 1 fully saturated rings. The number of ether oxygens (including phenoxy) is 2. The van der Waals surface area contributed by atoms with Crippen molar-refractivity contribution in [3.05, 3.63) is 47.5 Å². The van der Waals surface area contributed by atoms with E-state index in [1.165, 1.54) is 0 Å². The third-order valence-corrected chi connectivity index (χ3v) is 3.55. The number of hydrogen-bond donors (Lipinski definition) is 0. The molecule has 2 bridgehead atoms. The zero-order valence-electron chi connectivity index (χ0n) is 9.88. The van der Waals surface area contributed by atoms with Crippen LogP contribution >= 0.6 is 0 Å². The Morgan fingerprint density at radius 3 is 2.89 bits per heavy atom. The van der Waals surface area contributed by atoms with Gasteiger partial charge >= 0.3 is 0 Å². The lowest BCUT2D eigenvalue weighted by atomic mass is 9.92. The molecule has 0 radical (unpaired) electrons. The van der Waals surface area contributed by atoms with Crippen molar-refractivity contribution in [1.29, 1.82) is 0 Å². The molecule has 1 saturated heterocycles. The standard InChI is InChI=1S/C14H12O4/c1-14-11-7-3-5-9-4-2-6-10(12(9)11)13(17-14)18-16-8-15-14/h2-7,13H,8H2,1H3/t13-,14-/m0/s1. The Bertz CT molecular complexity index is 619. The van der Waals surface area contributed by atoms with E-state index in [1.807, 2.05) is 31.2 Å². The van der Waals surface area contributed by atoms with Crippen molar-refractivity contribution < 1.29 is 19.2 Å². The summed E-state index contributed by atoms with van der Waals surface area (Å²) in [6, 6.07) is 12.2. The molecule has 0 spiro atoms. The SMILES string of the molecule is C[C@]12OCOO[C@H](O1)c1cccc3cccc2c13. The molecule has 4 rings (SSSR count). The van der Waals surface area contributed by atoms with Gasteiger partial charge in [0.15, 0.2) is 12.6 Å². The number of rotatable bonds is 0. The van der Waals surface area contributed by atoms with Gasteiger partial charge in [-0.3, -0.25) is 0 Å². The van der Waals surface area contributed by atoms with Gasteiger partial charge in [-0.25, -0.2) is 4.89 Å². The van der Waals surface area contributed by atoms with E-state index in [-0.39, 0.29) is 6.79 Å². The average molecular weight is 244 g/mol. The van der Waals surface area contributed by atoms with Gasteiger partial charge in [0.2, 0.25) is 6.29 Å². The zero-order valence-corrected chi connectivity index (χ0v) is 9.88. The highest BCUT2D eigenvalue weighted by atomic mass is 17.3. The van der Waals surface area contributed by atoms with Gasteiger partial charge in [-0.15, -0.1) is 0 Å². The molecule has 0 N–H and O–H groups in total. The summed E-state index contributed by atoms with van der Waals surface area (Å²) in [5.41, 5.74) is 1.99. The molecule has 2 aliphatic rings. The first-order valence-corrected chi connectivity index (χ1v) is 5.90. The number of hydrogen-bond acceptors (Lipinski definition) is 4. The van der Waals surface area contributed by atoms with Crippen LogP contribution in [0.1, 0.15) is 24.3 Å². The van der Waals surface area contributed by atoms with E-state index in [1.54, 1.807) is 0 Å². The van der Waals surface area contributed by atoms with E-state index in [4.69, 9.17) is 19.2 Å². The van der Waals surface area contributed by atoms with Gasteiger partial charge in [0.25, 0.3) is 0 Å². The zero-order chi connectivity index (χ0) is 12.2. The van der Waals surface area contributed by atoms with Crippen LogP contribution < -0.4 is 0 Å². The molecule has 2 aromatic carbocycles. The molecule has 0 unspecified atom stereocenters. The summed E-state index contributed by atoms with van der Waals surface area (Å²) in [7, 11) is 0. The third kappa shape index (κ3) is 1.29. The summed E-state index contributed by atoms with van der Waals surface area (Å²) >= 11 is 0. The number of fused-ring (bicyclic) bond motifs is 4. The molecule has 2 aliphatic heterocycles. The molecule has 0 aliphatic carbocycles. The van der Waals surface area contributed by atoms with E-state index >= 15 is 0 Å². The van der Waals surface area contributed by atoms with Crippen molar-refractivity contribution in [3.63, 3.8) is 0 Å². The molecule has 0 amide bonds. The van der Waals surface area contributed by atoms with Crippen LogP contribution in [0.15, 0.2) is 36.4 Å². The van der Waals surface area contributed by atoms with Crippen LogP contribution in [-0.2, 0) is 25.0 Å². The fourth-order valence-electron chi connectivity index (χ4n) is 2.69. The van der Waals surface area contributed by atoms with Gasteiger partial charge in [0.1, 0.15) is 0 Å². The van der Waals surface area contributed by atoms with Gasteiger partial charge in [-0.05, 0) is 17.7 Å². The quantitative estimate of drug-likeness (QED) is 0.667. The lowest BCUT2D eigenvalue weighted by molar-refractivity contribution is -0.378. The summed E-state index contributed by atoms with van der Waals surface area (Å²) in [5, 5.41) is 2.28. The minimum Gasteiger partial charge on any atom is -0.316 e. The van der Waals surface area contributed by atoms with E-state index in [0.717, 1.165) is 21.9 Å². The van der Waals surface area contributed by atoms with Crippen LogP contribution in [0.4, 0.5) is 0 Å². The molecule has 0 aromatic heterocycles. The second-order valence-corrected chi connectivity index (χ2v) is 4.62. The van der Waals surface area contributed by atoms with Crippen LogP contribution in [0.5, 0.6) is 0 Å². The number of benzene rings is 2. The van der Waals surface area contributed by atoms with Crippen molar-refractivity contribution in [2.75, 3.05) is 6.79 Å². The van der Waals surface area contributed by atoms with Gasteiger partial charge in [0.05, 0.1) is 0 Å². The minimum atomic E-state index is -0.824. The molecular formula is C14H12O4. The van der Waals surface area contributed by atoms with Gasteiger partial charge < -0.3 is 9.47 Å². The summed E-state index contributed by atoms with van der Waals surface area (Å²) < 4.78 is 11.5. The molecule has 2 atom stereocenters. The Hall–Kier alpha value is -1.46. The van der Waals surface area contributed by atoms with Gasteiger partial charge in [-0.1, -0.05) is 36.4 Å². The highest BCUT2D eigenvalue weighted by molar-refractivity contribution is 5.90. The fourth-order valence-corrected chi connectivity index (χ4v) is 2.69. The first-order valence-electron chi connectivity index (χ1n) is 5.90. The van der Waals surface area contributed by atoms with E-state index in [2.05, 4.69) is 12.1 Å². The summed E-state index contributed by atoms with van der Waals surface area (Å²) in [5.74, 6) is -0.824. The van der Waals surface area contributed by atoms with Crippen molar-refractivity contribution in [3.8, 4) is 0 Å². The summed E-state index contributed by atoms with van der Waals surface area (Å²) in [6.45, 7) is 1.94. The Morgan fingerprint density at radius 2 is 2.00 bits per heavy atom. The predicted molar refractivity (Wildman–Crippen MR) is 63.2 cm³/mol. The Balaban J connectivity index is 2.11. The highest BCUT2D eigenvalue weighted by Crippen LogP contribution is 2.46. The summed E-state index contributed by atoms with van der Waals surface area (Å²) in [6.07, 6.45) is -0.545. The molecular weight excluding hydrogens is 232 g/mol. The van der Waals surface area contributed by atoms with E-state index in [9.17, 15) is 0 Å². The molecule has 92 valence electrons. The van der Waals surface area contributed by atoms with Crippen LogP contribution in [0, 0.1) is 0 Å². The first kappa shape index (κ1) is 10.5. The molecule has 0 saturated carbocycles. The van der Waals surface area contributed by atoms with Crippen LogP contribution in [-0.4, -0.2) is 6.79 Å². The Kier molecular flexibility index (Phi) is 2.05. The van der Waals surface area contributed by atoms with Crippen LogP contribution in [0.2, 0.25) is 0 Å². The van der Waals surface area contributed by atoms with Gasteiger partial charge in [0, 0.05) is 11.1 Å².